The molecule has 3 aromatic rings. The number of hydrogen-bond donors (Lipinski definition) is 0. The van der Waals surface area contributed by atoms with Gasteiger partial charge in [0.15, 0.2) is 0 Å². The molecule has 0 spiro atoms. The van der Waals surface area contributed by atoms with Gasteiger partial charge in [-0.15, -0.1) is 0 Å². The molecule has 0 unspecified atom stereocenters. The molecule has 0 radical (unpaired) electrons. The number of nitrogens with zero attached hydrogens (tertiary/aromatic N) is 5. The van der Waals surface area contributed by atoms with E-state index in [1.807, 2.05) is 73.4 Å². The second-order valence-corrected chi connectivity index (χ2v) is 8.71. The first-order chi connectivity index (χ1) is 15.4. The van der Waals surface area contributed by atoms with Crippen LogP contribution in [-0.2, 0) is 17.8 Å². The molecule has 3 rings (SSSR count). The van der Waals surface area contributed by atoms with Gasteiger partial charge in [-0.05, 0) is 37.4 Å². The van der Waals surface area contributed by atoms with E-state index in [1.54, 1.807) is 7.11 Å². The monoisotopic (exact) mass is 453 g/mol. The fourth-order valence-corrected chi connectivity index (χ4v) is 3.87. The molecule has 0 atom stereocenters. The zero-order valence-corrected chi connectivity index (χ0v) is 20.0. The molecule has 2 aromatic carbocycles. The highest BCUT2D eigenvalue weighted by Gasteiger charge is 2.19. The standard InChI is InChI=1S/C24H31N5O2S/c1-27(2)13-14-29(17-19-9-6-5-7-10-19)23(30)18-28(3)24-25-22(26-32-24)16-20-11-8-12-21(15-20)31-4/h5-12,15H,13-14,16-18H2,1-4H3. The maximum absolute atomic E-state index is 13.1. The number of carbonyl (C=O) groups excluding carboxylic acids is 1. The number of anilines is 1. The lowest BCUT2D eigenvalue weighted by atomic mass is 10.1. The Morgan fingerprint density at radius 1 is 1.00 bits per heavy atom. The van der Waals surface area contributed by atoms with Crippen LogP contribution in [0.3, 0.4) is 0 Å². The van der Waals surface area contributed by atoms with Crippen LogP contribution in [0.4, 0.5) is 5.13 Å². The molecule has 8 heteroatoms. The van der Waals surface area contributed by atoms with Crippen LogP contribution in [0.15, 0.2) is 54.6 Å². The van der Waals surface area contributed by atoms with Crippen LogP contribution in [-0.4, -0.2) is 73.0 Å². The van der Waals surface area contributed by atoms with Gasteiger partial charge in [0.1, 0.15) is 11.6 Å². The van der Waals surface area contributed by atoms with Crippen molar-refractivity contribution in [1.82, 2.24) is 19.2 Å². The predicted octanol–water partition coefficient (Wildman–Crippen LogP) is 3.16. The normalized spacial score (nSPS) is 10.9. The van der Waals surface area contributed by atoms with Crippen molar-refractivity contribution in [3.05, 3.63) is 71.5 Å². The Balaban J connectivity index is 1.63. The fourth-order valence-electron chi connectivity index (χ4n) is 3.22. The minimum absolute atomic E-state index is 0.0720. The average Bonchev–Trinajstić information content (AvgIpc) is 3.26. The first-order valence-corrected chi connectivity index (χ1v) is 11.3. The van der Waals surface area contributed by atoms with E-state index in [0.29, 0.717) is 19.5 Å². The van der Waals surface area contributed by atoms with E-state index < -0.39 is 0 Å². The molecule has 0 aliphatic rings. The van der Waals surface area contributed by atoms with Crippen LogP contribution in [0.25, 0.3) is 0 Å². The van der Waals surface area contributed by atoms with E-state index in [-0.39, 0.29) is 12.5 Å². The number of ether oxygens (including phenoxy) is 1. The average molecular weight is 454 g/mol. The van der Waals surface area contributed by atoms with Crippen molar-refractivity contribution in [1.29, 1.82) is 0 Å². The molecule has 1 amide bonds. The molecule has 0 saturated heterocycles. The van der Waals surface area contributed by atoms with E-state index in [2.05, 4.69) is 26.4 Å². The lowest BCUT2D eigenvalue weighted by molar-refractivity contribution is -0.130. The Hall–Kier alpha value is -2.97. The molecule has 32 heavy (non-hydrogen) atoms. The van der Waals surface area contributed by atoms with Gasteiger partial charge in [0.2, 0.25) is 11.0 Å². The Bertz CT molecular complexity index is 993. The third-order valence-electron chi connectivity index (χ3n) is 5.04. The van der Waals surface area contributed by atoms with E-state index in [4.69, 9.17) is 4.74 Å². The van der Waals surface area contributed by atoms with Crippen molar-refractivity contribution in [2.24, 2.45) is 0 Å². The van der Waals surface area contributed by atoms with Gasteiger partial charge in [-0.3, -0.25) is 4.79 Å². The number of amides is 1. The van der Waals surface area contributed by atoms with Crippen LogP contribution < -0.4 is 9.64 Å². The second-order valence-electron chi connectivity index (χ2n) is 7.98. The molecule has 0 bridgehead atoms. The molecule has 0 aliphatic heterocycles. The summed E-state index contributed by atoms with van der Waals surface area (Å²) in [5.74, 6) is 1.63. The Kier molecular flexibility index (Phi) is 8.58. The minimum atomic E-state index is 0.0720. The van der Waals surface area contributed by atoms with Crippen LogP contribution >= 0.6 is 11.5 Å². The van der Waals surface area contributed by atoms with Gasteiger partial charge in [0, 0.05) is 44.6 Å². The van der Waals surface area contributed by atoms with Crippen LogP contribution in [0.2, 0.25) is 0 Å². The highest BCUT2D eigenvalue weighted by atomic mass is 32.1. The Morgan fingerprint density at radius 2 is 1.75 bits per heavy atom. The number of benzene rings is 2. The number of aromatic nitrogens is 2. The van der Waals surface area contributed by atoms with Crippen LogP contribution in [0, 0.1) is 0 Å². The van der Waals surface area contributed by atoms with E-state index in [9.17, 15) is 4.79 Å². The number of likely N-dealkylation sites (N-methyl/N-ethyl adjacent to an activating group) is 2. The molecular formula is C24H31N5O2S. The summed E-state index contributed by atoms with van der Waals surface area (Å²) in [4.78, 5) is 23.6. The molecule has 0 fully saturated rings. The van der Waals surface area contributed by atoms with E-state index in [0.717, 1.165) is 34.4 Å². The van der Waals surface area contributed by atoms with Crippen molar-refractivity contribution in [3.63, 3.8) is 0 Å². The smallest absolute Gasteiger partial charge is 0.242 e. The SMILES string of the molecule is COc1cccc(Cc2nsc(N(C)CC(=O)N(CCN(C)C)Cc3ccccc3)n2)c1. The largest absolute Gasteiger partial charge is 0.497 e. The van der Waals surface area contributed by atoms with Crippen LogP contribution in [0.5, 0.6) is 5.75 Å². The molecule has 0 saturated carbocycles. The summed E-state index contributed by atoms with van der Waals surface area (Å²) in [6.45, 7) is 2.34. The quantitative estimate of drug-likeness (QED) is 0.444. The zero-order chi connectivity index (χ0) is 22.9. The van der Waals surface area contributed by atoms with E-state index in [1.165, 1.54) is 11.5 Å². The van der Waals surface area contributed by atoms with Crippen molar-refractivity contribution in [3.8, 4) is 5.75 Å². The highest BCUT2D eigenvalue weighted by Crippen LogP contribution is 2.20. The van der Waals surface area contributed by atoms with Crippen LogP contribution in [0.1, 0.15) is 17.0 Å². The summed E-state index contributed by atoms with van der Waals surface area (Å²) in [7, 11) is 7.58. The first kappa shape index (κ1) is 23.7. The van der Waals surface area contributed by atoms with Gasteiger partial charge < -0.3 is 19.4 Å². The third kappa shape index (κ3) is 7.03. The topological polar surface area (TPSA) is 61.8 Å². The number of rotatable bonds is 11. The predicted molar refractivity (Wildman–Crippen MR) is 129 cm³/mol. The lowest BCUT2D eigenvalue weighted by Gasteiger charge is -2.26. The van der Waals surface area contributed by atoms with Gasteiger partial charge in [0.25, 0.3) is 0 Å². The molecule has 1 aromatic heterocycles. The van der Waals surface area contributed by atoms with E-state index >= 15 is 0 Å². The fraction of sp³-hybridized carbons (Fsp3) is 0.375. The molecule has 0 N–H and O–H groups in total. The molecule has 0 aliphatic carbocycles. The van der Waals surface area contributed by atoms with Gasteiger partial charge in [-0.2, -0.15) is 4.37 Å². The summed E-state index contributed by atoms with van der Waals surface area (Å²) < 4.78 is 9.77. The lowest BCUT2D eigenvalue weighted by Crippen LogP contribution is -2.41. The van der Waals surface area contributed by atoms with Crippen molar-refractivity contribution < 1.29 is 9.53 Å². The van der Waals surface area contributed by atoms with Gasteiger partial charge in [-0.25, -0.2) is 4.98 Å². The molecule has 170 valence electrons. The van der Waals surface area contributed by atoms with Crippen molar-refractivity contribution >= 4 is 22.6 Å². The highest BCUT2D eigenvalue weighted by molar-refractivity contribution is 7.09. The van der Waals surface area contributed by atoms with Gasteiger partial charge in [0.05, 0.1) is 13.7 Å². The minimum Gasteiger partial charge on any atom is -0.497 e. The summed E-state index contributed by atoms with van der Waals surface area (Å²) in [5.41, 5.74) is 2.21. The molecular weight excluding hydrogens is 422 g/mol. The molecule has 1 heterocycles. The Labute approximate surface area is 194 Å². The molecule has 7 nitrogen and oxygen atoms in total. The summed E-state index contributed by atoms with van der Waals surface area (Å²) >= 11 is 1.32. The van der Waals surface area contributed by atoms with Crippen molar-refractivity contribution in [2.75, 3.05) is 52.8 Å². The zero-order valence-electron chi connectivity index (χ0n) is 19.2. The van der Waals surface area contributed by atoms with Gasteiger partial charge in [-0.1, -0.05) is 42.5 Å². The summed E-state index contributed by atoms with van der Waals surface area (Å²) in [6.07, 6.45) is 0.623. The summed E-state index contributed by atoms with van der Waals surface area (Å²) in [5, 5.41) is 0.739. The number of carbonyl (C=O) groups is 1. The first-order valence-electron chi connectivity index (χ1n) is 10.6. The Morgan fingerprint density at radius 3 is 2.47 bits per heavy atom. The second kappa shape index (κ2) is 11.6. The number of hydrogen-bond acceptors (Lipinski definition) is 7. The summed E-state index contributed by atoms with van der Waals surface area (Å²) in [6, 6.07) is 18.0. The van der Waals surface area contributed by atoms with Crippen molar-refractivity contribution in [2.45, 2.75) is 13.0 Å². The van der Waals surface area contributed by atoms with Gasteiger partial charge >= 0.3 is 0 Å². The number of methoxy groups -OCH3 is 1. The maximum atomic E-state index is 13.1. The third-order valence-corrected chi connectivity index (χ3v) is 5.91. The maximum Gasteiger partial charge on any atom is 0.242 e.